The van der Waals surface area contributed by atoms with E-state index in [0.717, 1.165) is 6.42 Å². The van der Waals surface area contributed by atoms with Crippen molar-refractivity contribution in [3.05, 3.63) is 0 Å². The van der Waals surface area contributed by atoms with E-state index in [2.05, 4.69) is 0 Å². The number of piperidine rings is 1. The lowest BCUT2D eigenvalue weighted by molar-refractivity contribution is -0.135. The van der Waals surface area contributed by atoms with Gasteiger partial charge in [-0.25, -0.2) is 0 Å². The van der Waals surface area contributed by atoms with Crippen LogP contribution < -0.4 is 5.73 Å². The molecule has 0 spiro atoms. The summed E-state index contributed by atoms with van der Waals surface area (Å²) in [7, 11) is 0. The first kappa shape index (κ1) is 13.5. The van der Waals surface area contributed by atoms with Crippen molar-refractivity contribution >= 4 is 5.91 Å². The third-order valence-electron chi connectivity index (χ3n) is 3.13. The highest BCUT2D eigenvalue weighted by atomic mass is 16.3. The Bertz CT molecular complexity index is 241. The van der Waals surface area contributed by atoms with Crippen LogP contribution in [0.25, 0.3) is 0 Å². The number of nitrogens with two attached hydrogens (primary N) is 1. The van der Waals surface area contributed by atoms with Crippen LogP contribution >= 0.6 is 0 Å². The molecule has 1 rings (SSSR count). The maximum absolute atomic E-state index is 11.9. The minimum atomic E-state index is -0.388. The molecule has 94 valence electrons. The van der Waals surface area contributed by atoms with E-state index in [1.165, 1.54) is 0 Å². The predicted molar refractivity (Wildman–Crippen MR) is 63.8 cm³/mol. The molecule has 0 aromatic heterocycles. The number of nitrogens with zero attached hydrogens (tertiary/aromatic N) is 1. The van der Waals surface area contributed by atoms with Gasteiger partial charge in [-0.2, -0.15) is 0 Å². The molecule has 1 aliphatic rings. The predicted octanol–water partition coefficient (Wildman–Crippen LogP) is 0.589. The lowest BCUT2D eigenvalue weighted by atomic mass is 9.90. The molecular formula is C12H24N2O2. The van der Waals surface area contributed by atoms with Crippen LogP contribution in [0, 0.1) is 11.8 Å². The van der Waals surface area contributed by atoms with Crippen molar-refractivity contribution in [2.24, 2.45) is 17.6 Å². The Kier molecular flexibility index (Phi) is 4.74. The van der Waals surface area contributed by atoms with Crippen molar-refractivity contribution in [3.63, 3.8) is 0 Å². The lowest BCUT2D eigenvalue weighted by Gasteiger charge is -2.37. The van der Waals surface area contributed by atoms with Crippen LogP contribution in [-0.4, -0.2) is 41.1 Å². The van der Waals surface area contributed by atoms with Crippen molar-refractivity contribution < 1.29 is 9.90 Å². The molecule has 0 aromatic carbocycles. The molecule has 1 saturated heterocycles. The smallest absolute Gasteiger partial charge is 0.222 e. The fourth-order valence-electron chi connectivity index (χ4n) is 2.21. The number of carbonyl (C=O) groups is 1. The highest BCUT2D eigenvalue weighted by Crippen LogP contribution is 2.20. The molecule has 4 nitrogen and oxygen atoms in total. The Balaban J connectivity index is 2.56. The summed E-state index contributed by atoms with van der Waals surface area (Å²) in [6.07, 6.45) is 0.989. The second kappa shape index (κ2) is 5.64. The molecule has 0 aromatic rings. The Labute approximate surface area is 97.8 Å². The van der Waals surface area contributed by atoms with Gasteiger partial charge in [0.25, 0.3) is 0 Å². The highest BCUT2D eigenvalue weighted by molar-refractivity contribution is 5.76. The maximum Gasteiger partial charge on any atom is 0.222 e. The van der Waals surface area contributed by atoms with Gasteiger partial charge >= 0.3 is 0 Å². The maximum atomic E-state index is 11.9. The van der Waals surface area contributed by atoms with Crippen LogP contribution in [0.15, 0.2) is 0 Å². The van der Waals surface area contributed by atoms with E-state index >= 15 is 0 Å². The highest BCUT2D eigenvalue weighted by Gasteiger charge is 2.30. The molecule has 3 unspecified atom stereocenters. The van der Waals surface area contributed by atoms with Crippen LogP contribution in [0.2, 0.25) is 0 Å². The normalized spacial score (nSPS) is 28.2. The molecule has 0 aliphatic carbocycles. The second-order valence-electron chi connectivity index (χ2n) is 5.39. The average Bonchev–Trinajstić information content (AvgIpc) is 2.15. The molecule has 0 radical (unpaired) electrons. The molecule has 0 bridgehead atoms. The molecular weight excluding hydrogens is 204 g/mol. The molecule has 0 saturated carbocycles. The number of hydrogen-bond donors (Lipinski definition) is 2. The second-order valence-corrected chi connectivity index (χ2v) is 5.39. The summed E-state index contributed by atoms with van der Waals surface area (Å²) < 4.78 is 0. The van der Waals surface area contributed by atoms with Gasteiger partial charge in [0.15, 0.2) is 0 Å². The zero-order valence-corrected chi connectivity index (χ0v) is 10.5. The number of amides is 1. The van der Waals surface area contributed by atoms with E-state index in [-0.39, 0.29) is 24.0 Å². The molecule has 1 aliphatic heterocycles. The molecule has 1 amide bonds. The van der Waals surface area contributed by atoms with Crippen molar-refractivity contribution in [1.82, 2.24) is 4.90 Å². The van der Waals surface area contributed by atoms with E-state index in [0.29, 0.717) is 25.4 Å². The van der Waals surface area contributed by atoms with Gasteiger partial charge in [0, 0.05) is 31.5 Å². The first-order valence-electron chi connectivity index (χ1n) is 6.11. The van der Waals surface area contributed by atoms with Crippen LogP contribution in [0.3, 0.4) is 0 Å². The number of carbonyl (C=O) groups excluding carboxylic acids is 1. The van der Waals surface area contributed by atoms with Crippen molar-refractivity contribution in [2.75, 3.05) is 13.1 Å². The summed E-state index contributed by atoms with van der Waals surface area (Å²) in [5.74, 6) is 0.659. The van der Waals surface area contributed by atoms with Crippen LogP contribution in [0.5, 0.6) is 0 Å². The summed E-state index contributed by atoms with van der Waals surface area (Å²) in [5, 5.41) is 9.58. The molecule has 3 atom stereocenters. The first-order valence-corrected chi connectivity index (χ1v) is 6.11. The standard InChI is InChI=1S/C12H24N2O2/c1-8(2)4-12(16)14-6-10(9(3)15)5-11(13)7-14/h8-11,15H,4-7,13H2,1-3H3. The quantitative estimate of drug-likeness (QED) is 0.743. The van der Waals surface area contributed by atoms with Gasteiger partial charge in [0.2, 0.25) is 5.91 Å². The van der Waals surface area contributed by atoms with E-state index in [4.69, 9.17) is 5.73 Å². The summed E-state index contributed by atoms with van der Waals surface area (Å²) in [6.45, 7) is 7.13. The fourth-order valence-corrected chi connectivity index (χ4v) is 2.21. The van der Waals surface area contributed by atoms with E-state index in [9.17, 15) is 9.90 Å². The van der Waals surface area contributed by atoms with Crippen LogP contribution in [0.1, 0.15) is 33.6 Å². The number of aliphatic hydroxyl groups excluding tert-OH is 1. The molecule has 1 fully saturated rings. The number of aliphatic hydroxyl groups is 1. The fraction of sp³-hybridized carbons (Fsp3) is 0.917. The number of rotatable bonds is 3. The van der Waals surface area contributed by atoms with Gasteiger partial charge in [0.05, 0.1) is 6.10 Å². The van der Waals surface area contributed by atoms with Crippen molar-refractivity contribution in [3.8, 4) is 0 Å². The van der Waals surface area contributed by atoms with Gasteiger partial charge in [0.1, 0.15) is 0 Å². The lowest BCUT2D eigenvalue weighted by Crippen LogP contribution is -2.51. The summed E-state index contributed by atoms with van der Waals surface area (Å²) in [5.41, 5.74) is 5.92. The Morgan fingerprint density at radius 2 is 2.06 bits per heavy atom. The monoisotopic (exact) mass is 228 g/mol. The minimum Gasteiger partial charge on any atom is -0.393 e. The Morgan fingerprint density at radius 1 is 1.44 bits per heavy atom. The molecule has 4 heteroatoms. The summed E-state index contributed by atoms with van der Waals surface area (Å²) in [4.78, 5) is 13.7. The van der Waals surface area contributed by atoms with Crippen LogP contribution in [-0.2, 0) is 4.79 Å². The van der Waals surface area contributed by atoms with Gasteiger partial charge in [-0.05, 0) is 19.3 Å². The van der Waals surface area contributed by atoms with Gasteiger partial charge in [-0.1, -0.05) is 13.8 Å². The third kappa shape index (κ3) is 3.76. The third-order valence-corrected chi connectivity index (χ3v) is 3.13. The molecule has 1 heterocycles. The Morgan fingerprint density at radius 3 is 2.56 bits per heavy atom. The van der Waals surface area contributed by atoms with Gasteiger partial charge in [-0.3, -0.25) is 4.79 Å². The first-order chi connectivity index (χ1) is 7.40. The van der Waals surface area contributed by atoms with Crippen molar-refractivity contribution in [2.45, 2.75) is 45.8 Å². The van der Waals surface area contributed by atoms with E-state index in [1.807, 2.05) is 18.7 Å². The van der Waals surface area contributed by atoms with Crippen LogP contribution in [0.4, 0.5) is 0 Å². The molecule has 16 heavy (non-hydrogen) atoms. The zero-order chi connectivity index (χ0) is 12.3. The topological polar surface area (TPSA) is 66.6 Å². The average molecular weight is 228 g/mol. The van der Waals surface area contributed by atoms with E-state index in [1.54, 1.807) is 6.92 Å². The zero-order valence-electron chi connectivity index (χ0n) is 10.5. The van der Waals surface area contributed by atoms with Gasteiger partial charge < -0.3 is 15.7 Å². The van der Waals surface area contributed by atoms with Gasteiger partial charge in [-0.15, -0.1) is 0 Å². The Hall–Kier alpha value is -0.610. The number of hydrogen-bond acceptors (Lipinski definition) is 3. The van der Waals surface area contributed by atoms with E-state index < -0.39 is 0 Å². The SMILES string of the molecule is CC(C)CC(=O)N1CC(N)CC(C(C)O)C1. The summed E-state index contributed by atoms with van der Waals surface area (Å²) in [6, 6.07) is 0.00413. The minimum absolute atomic E-state index is 0.00413. The van der Waals surface area contributed by atoms with Crippen molar-refractivity contribution in [1.29, 1.82) is 0 Å². The summed E-state index contributed by atoms with van der Waals surface area (Å²) >= 11 is 0. The number of likely N-dealkylation sites (tertiary alicyclic amines) is 1. The molecule has 3 N–H and O–H groups in total. The largest absolute Gasteiger partial charge is 0.393 e.